The van der Waals surface area contributed by atoms with Crippen LogP contribution in [-0.2, 0) is 16.0 Å². The third-order valence-electron chi connectivity index (χ3n) is 5.86. The van der Waals surface area contributed by atoms with Gasteiger partial charge in [0.1, 0.15) is 0 Å². The lowest BCUT2D eigenvalue weighted by Crippen LogP contribution is -2.56. The molecule has 1 atom stereocenters. The van der Waals surface area contributed by atoms with Crippen LogP contribution in [0.4, 0.5) is 0 Å². The number of para-hydroxylation sites is 1. The van der Waals surface area contributed by atoms with Gasteiger partial charge >= 0.3 is 0 Å². The van der Waals surface area contributed by atoms with E-state index >= 15 is 0 Å². The van der Waals surface area contributed by atoms with Gasteiger partial charge in [0.2, 0.25) is 5.91 Å². The van der Waals surface area contributed by atoms with Crippen molar-refractivity contribution in [3.63, 3.8) is 0 Å². The first-order chi connectivity index (χ1) is 12.2. The quantitative estimate of drug-likeness (QED) is 0.901. The Labute approximate surface area is 148 Å². The van der Waals surface area contributed by atoms with Crippen LogP contribution < -0.4 is 0 Å². The van der Waals surface area contributed by atoms with Crippen molar-refractivity contribution in [2.24, 2.45) is 0 Å². The van der Waals surface area contributed by atoms with Gasteiger partial charge in [-0.25, -0.2) is 0 Å². The first-order valence-electron chi connectivity index (χ1n) is 9.33. The number of amides is 1. The van der Waals surface area contributed by atoms with Gasteiger partial charge in [-0.05, 0) is 43.7 Å². The van der Waals surface area contributed by atoms with Crippen molar-refractivity contribution in [3.05, 3.63) is 36.0 Å². The fourth-order valence-corrected chi connectivity index (χ4v) is 4.26. The van der Waals surface area contributed by atoms with Crippen LogP contribution in [0.3, 0.4) is 0 Å². The van der Waals surface area contributed by atoms with E-state index in [0.717, 1.165) is 44.2 Å². The summed E-state index contributed by atoms with van der Waals surface area (Å²) >= 11 is 0. The van der Waals surface area contributed by atoms with E-state index in [1.54, 1.807) is 0 Å². The van der Waals surface area contributed by atoms with Gasteiger partial charge in [0, 0.05) is 43.2 Å². The Morgan fingerprint density at radius 3 is 2.92 bits per heavy atom. The number of carbonyl (C=O) groups excluding carboxylic acids is 1. The summed E-state index contributed by atoms with van der Waals surface area (Å²) in [7, 11) is 0. The van der Waals surface area contributed by atoms with E-state index in [2.05, 4.69) is 17.1 Å². The molecule has 1 aromatic heterocycles. The molecule has 25 heavy (non-hydrogen) atoms. The average molecular weight is 342 g/mol. The number of nitrogens with one attached hydrogen (secondary N) is 1. The van der Waals surface area contributed by atoms with Gasteiger partial charge in [0.15, 0.2) is 0 Å². The van der Waals surface area contributed by atoms with E-state index in [-0.39, 0.29) is 12.0 Å². The number of ether oxygens (including phenoxy) is 1. The monoisotopic (exact) mass is 342 g/mol. The second-order valence-electron chi connectivity index (χ2n) is 7.31. The van der Waals surface area contributed by atoms with Crippen molar-refractivity contribution in [2.45, 2.75) is 50.2 Å². The summed E-state index contributed by atoms with van der Waals surface area (Å²) in [6.45, 7) is 2.10. The Hall–Kier alpha value is -1.85. The zero-order valence-electron chi connectivity index (χ0n) is 14.5. The molecule has 1 aromatic carbocycles. The van der Waals surface area contributed by atoms with E-state index in [0.29, 0.717) is 19.5 Å². The molecule has 5 nitrogen and oxygen atoms in total. The van der Waals surface area contributed by atoms with Gasteiger partial charge in [-0.15, -0.1) is 0 Å². The minimum absolute atomic E-state index is 0.199. The maximum absolute atomic E-state index is 12.6. The number of aliphatic hydroxyl groups excluding tert-OH is 1. The number of benzene rings is 1. The summed E-state index contributed by atoms with van der Waals surface area (Å²) in [4.78, 5) is 17.8. The molecule has 0 bridgehead atoms. The van der Waals surface area contributed by atoms with Crippen LogP contribution in [0.1, 0.15) is 37.7 Å². The van der Waals surface area contributed by atoms with Gasteiger partial charge in [0.25, 0.3) is 0 Å². The molecule has 0 radical (unpaired) electrons. The number of rotatable bonds is 3. The first-order valence-corrected chi connectivity index (χ1v) is 9.33. The van der Waals surface area contributed by atoms with Crippen LogP contribution in [0.15, 0.2) is 30.5 Å². The summed E-state index contributed by atoms with van der Waals surface area (Å²) in [6, 6.07) is 8.19. The Bertz CT molecular complexity index is 746. The topological polar surface area (TPSA) is 65.6 Å². The minimum atomic E-state index is -0.411. The van der Waals surface area contributed by atoms with Crippen LogP contribution in [0.2, 0.25) is 0 Å². The van der Waals surface area contributed by atoms with Crippen molar-refractivity contribution in [2.75, 3.05) is 19.7 Å². The van der Waals surface area contributed by atoms with Crippen LogP contribution in [0, 0.1) is 0 Å². The smallest absolute Gasteiger partial charge is 0.222 e. The maximum Gasteiger partial charge on any atom is 0.222 e. The van der Waals surface area contributed by atoms with E-state index in [1.807, 2.05) is 23.2 Å². The molecule has 0 saturated carbocycles. The Morgan fingerprint density at radius 2 is 2.12 bits per heavy atom. The number of aliphatic hydroxyl groups is 1. The van der Waals surface area contributed by atoms with Gasteiger partial charge in [-0.3, -0.25) is 4.79 Å². The minimum Gasteiger partial charge on any atom is -0.390 e. The second kappa shape index (κ2) is 6.81. The van der Waals surface area contributed by atoms with Crippen molar-refractivity contribution < 1.29 is 14.6 Å². The number of piperidine rings is 1. The van der Waals surface area contributed by atoms with Crippen LogP contribution in [-0.4, -0.2) is 52.3 Å². The van der Waals surface area contributed by atoms with Crippen molar-refractivity contribution in [1.82, 2.24) is 9.88 Å². The van der Waals surface area contributed by atoms with Crippen LogP contribution >= 0.6 is 0 Å². The molecule has 4 rings (SSSR count). The first kappa shape index (κ1) is 16.6. The zero-order valence-corrected chi connectivity index (χ0v) is 14.5. The number of H-pyrrole nitrogens is 1. The Kier molecular flexibility index (Phi) is 4.52. The number of aryl methyl sites for hydroxylation is 1. The summed E-state index contributed by atoms with van der Waals surface area (Å²) in [5, 5.41) is 11.5. The molecule has 2 saturated heterocycles. The molecule has 5 heteroatoms. The maximum atomic E-state index is 12.6. The molecule has 1 spiro atoms. The highest BCUT2D eigenvalue weighted by atomic mass is 16.5. The fraction of sp³-hybridized carbons (Fsp3) is 0.550. The number of aromatic amines is 1. The molecule has 2 aromatic rings. The number of fused-ring (bicyclic) bond motifs is 1. The summed E-state index contributed by atoms with van der Waals surface area (Å²) in [6.07, 6.45) is 6.13. The van der Waals surface area contributed by atoms with Crippen molar-refractivity contribution >= 4 is 16.8 Å². The Morgan fingerprint density at radius 1 is 1.32 bits per heavy atom. The molecule has 134 valence electrons. The number of hydrogen-bond acceptors (Lipinski definition) is 3. The van der Waals surface area contributed by atoms with E-state index in [1.165, 1.54) is 10.9 Å². The Balaban J connectivity index is 1.33. The highest BCUT2D eigenvalue weighted by Gasteiger charge is 2.44. The predicted molar refractivity (Wildman–Crippen MR) is 96.4 cm³/mol. The average Bonchev–Trinajstić information content (AvgIpc) is 3.06. The molecule has 2 N–H and O–H groups in total. The van der Waals surface area contributed by atoms with Crippen molar-refractivity contribution in [3.8, 4) is 0 Å². The lowest BCUT2D eigenvalue weighted by Gasteiger charge is -2.46. The lowest BCUT2D eigenvalue weighted by molar-refractivity contribution is -0.179. The summed E-state index contributed by atoms with van der Waals surface area (Å²) < 4.78 is 5.92. The number of nitrogens with zero attached hydrogens (tertiary/aromatic N) is 1. The van der Waals surface area contributed by atoms with Crippen molar-refractivity contribution in [1.29, 1.82) is 0 Å². The third kappa shape index (κ3) is 3.18. The SMILES string of the molecule is O=C(CCc1c[nH]c2ccccc12)N1CCC2(CC1)OCCC[C@@H]2O. The second-order valence-corrected chi connectivity index (χ2v) is 7.31. The molecule has 0 unspecified atom stereocenters. The van der Waals surface area contributed by atoms with E-state index in [9.17, 15) is 9.90 Å². The standard InChI is InChI=1S/C20H26N2O3/c23-18-6-3-13-25-20(18)9-11-22(12-10-20)19(24)8-7-15-14-21-17-5-2-1-4-16(15)17/h1-2,4-5,14,18,21,23H,3,6-13H2/t18-/m0/s1. The fourth-order valence-electron chi connectivity index (χ4n) is 4.26. The predicted octanol–water partition coefficient (Wildman–Crippen LogP) is 2.63. The molecule has 1 amide bonds. The third-order valence-corrected chi connectivity index (χ3v) is 5.86. The number of aromatic nitrogens is 1. The summed E-state index contributed by atoms with van der Waals surface area (Å²) in [5.41, 5.74) is 1.91. The highest BCUT2D eigenvalue weighted by Crippen LogP contribution is 2.35. The normalized spacial score (nSPS) is 23.2. The molecular formula is C20H26N2O3. The van der Waals surface area contributed by atoms with Gasteiger partial charge < -0.3 is 19.7 Å². The van der Waals surface area contributed by atoms with Crippen LogP contribution in [0.5, 0.6) is 0 Å². The van der Waals surface area contributed by atoms with Gasteiger partial charge in [0.05, 0.1) is 11.7 Å². The van der Waals surface area contributed by atoms with E-state index < -0.39 is 5.60 Å². The molecule has 2 aliphatic heterocycles. The number of likely N-dealkylation sites (tertiary alicyclic amines) is 1. The van der Waals surface area contributed by atoms with Crippen LogP contribution in [0.25, 0.3) is 10.9 Å². The molecule has 2 aliphatic rings. The number of hydrogen-bond donors (Lipinski definition) is 2. The highest BCUT2D eigenvalue weighted by molar-refractivity contribution is 5.84. The van der Waals surface area contributed by atoms with Gasteiger partial charge in [-0.1, -0.05) is 18.2 Å². The molecule has 2 fully saturated rings. The molecule has 3 heterocycles. The van der Waals surface area contributed by atoms with Gasteiger partial charge in [-0.2, -0.15) is 0 Å². The zero-order chi connectivity index (χ0) is 17.3. The number of carbonyl (C=O) groups is 1. The van der Waals surface area contributed by atoms with E-state index in [4.69, 9.17) is 4.74 Å². The molecule has 0 aliphatic carbocycles. The lowest BCUT2D eigenvalue weighted by atomic mass is 9.82. The summed E-state index contributed by atoms with van der Waals surface area (Å²) in [5.74, 6) is 0.199. The largest absolute Gasteiger partial charge is 0.390 e. The molecular weight excluding hydrogens is 316 g/mol.